The zero-order valence-corrected chi connectivity index (χ0v) is 18.9. The van der Waals surface area contributed by atoms with Gasteiger partial charge in [-0.15, -0.1) is 11.8 Å². The maximum atomic E-state index is 10.4. The number of hydrogen-bond donors (Lipinski definition) is 4. The molecule has 0 radical (unpaired) electrons. The lowest BCUT2D eigenvalue weighted by molar-refractivity contribution is -0.0910. The van der Waals surface area contributed by atoms with Crippen LogP contribution in [-0.4, -0.2) is 56.0 Å². The van der Waals surface area contributed by atoms with Crippen molar-refractivity contribution < 1.29 is 25.2 Å². The second-order valence-electron chi connectivity index (χ2n) is 8.69. The minimum atomic E-state index is -1.39. The van der Waals surface area contributed by atoms with Crippen molar-refractivity contribution in [3.63, 3.8) is 0 Å². The van der Waals surface area contributed by atoms with Crippen molar-refractivity contribution in [1.29, 1.82) is 0 Å². The lowest BCUT2D eigenvalue weighted by Crippen LogP contribution is -2.55. The number of rotatable bonds is 5. The topological polar surface area (TPSA) is 90.2 Å². The van der Waals surface area contributed by atoms with Gasteiger partial charge in [0.2, 0.25) is 0 Å². The lowest BCUT2D eigenvalue weighted by Gasteiger charge is -2.39. The van der Waals surface area contributed by atoms with Gasteiger partial charge in [0, 0.05) is 17.0 Å². The van der Waals surface area contributed by atoms with Crippen LogP contribution in [0, 0.1) is 0 Å². The van der Waals surface area contributed by atoms with Crippen LogP contribution in [0.5, 0.6) is 5.75 Å². The van der Waals surface area contributed by atoms with Crippen LogP contribution in [0.25, 0.3) is 0 Å². The third kappa shape index (κ3) is 5.31. The fourth-order valence-corrected chi connectivity index (χ4v) is 4.86. The van der Waals surface area contributed by atoms with Crippen molar-refractivity contribution in [2.24, 2.45) is 0 Å². The normalized spacial score (nSPS) is 27.1. The van der Waals surface area contributed by atoms with Gasteiger partial charge in [0.25, 0.3) is 0 Å². The zero-order valence-electron chi connectivity index (χ0n) is 17.3. The van der Waals surface area contributed by atoms with E-state index < -0.39 is 29.0 Å². The molecule has 0 spiro atoms. The van der Waals surface area contributed by atoms with Crippen molar-refractivity contribution >= 4 is 23.4 Å². The van der Waals surface area contributed by atoms with Gasteiger partial charge in [-0.05, 0) is 34.7 Å². The van der Waals surface area contributed by atoms with Gasteiger partial charge in [0.1, 0.15) is 18.0 Å². The van der Waals surface area contributed by atoms with Crippen LogP contribution in [0.15, 0.2) is 42.5 Å². The first-order chi connectivity index (χ1) is 14.1. The second-order valence-corrected chi connectivity index (χ2v) is 10.5. The van der Waals surface area contributed by atoms with Gasteiger partial charge >= 0.3 is 0 Å². The lowest BCUT2D eigenvalue weighted by atomic mass is 9.86. The average molecular weight is 453 g/mol. The summed E-state index contributed by atoms with van der Waals surface area (Å²) < 4.78 is 6.03. The van der Waals surface area contributed by atoms with Crippen molar-refractivity contribution in [3.05, 3.63) is 64.2 Å². The monoisotopic (exact) mass is 452 g/mol. The van der Waals surface area contributed by atoms with Crippen molar-refractivity contribution in [2.45, 2.75) is 61.6 Å². The number of aliphatic hydroxyl groups is 4. The molecular formula is C23H29ClO5S. The van der Waals surface area contributed by atoms with Gasteiger partial charge < -0.3 is 25.2 Å². The van der Waals surface area contributed by atoms with E-state index in [0.717, 1.165) is 22.9 Å². The minimum Gasteiger partial charge on any atom is -0.477 e. The number of thioether (sulfide) groups is 1. The molecule has 164 valence electrons. The Kier molecular flexibility index (Phi) is 7.38. The third-order valence-electron chi connectivity index (χ3n) is 5.33. The van der Waals surface area contributed by atoms with Gasteiger partial charge in [0.15, 0.2) is 5.44 Å². The predicted molar refractivity (Wildman–Crippen MR) is 120 cm³/mol. The molecular weight excluding hydrogens is 424 g/mol. The Labute approximate surface area is 186 Å². The highest BCUT2D eigenvalue weighted by atomic mass is 35.5. The van der Waals surface area contributed by atoms with Crippen LogP contribution in [0.2, 0.25) is 5.02 Å². The minimum absolute atomic E-state index is 0.0752. The first kappa shape index (κ1) is 23.4. The zero-order chi connectivity index (χ0) is 22.1. The van der Waals surface area contributed by atoms with E-state index in [-0.39, 0.29) is 12.0 Å². The van der Waals surface area contributed by atoms with Gasteiger partial charge in [-0.1, -0.05) is 56.6 Å². The quantitative estimate of drug-likeness (QED) is 0.557. The highest BCUT2D eigenvalue weighted by molar-refractivity contribution is 8.00. The van der Waals surface area contributed by atoms with E-state index in [0.29, 0.717) is 17.2 Å². The average Bonchev–Trinajstić information content (AvgIpc) is 2.70. The highest BCUT2D eigenvalue weighted by Gasteiger charge is 2.44. The van der Waals surface area contributed by atoms with E-state index >= 15 is 0 Å². The molecule has 3 rings (SSSR count). The van der Waals surface area contributed by atoms with Crippen LogP contribution in [0.1, 0.15) is 37.5 Å². The van der Waals surface area contributed by atoms with Gasteiger partial charge in [-0.2, -0.15) is 0 Å². The van der Waals surface area contributed by atoms with Crippen molar-refractivity contribution in [2.75, 3.05) is 6.61 Å². The summed E-state index contributed by atoms with van der Waals surface area (Å²) in [7, 11) is 0. The molecule has 2 aromatic carbocycles. The summed E-state index contributed by atoms with van der Waals surface area (Å²) in [4.78, 5) is 0. The van der Waals surface area contributed by atoms with Crippen molar-refractivity contribution in [1.82, 2.24) is 0 Å². The third-order valence-corrected chi connectivity index (χ3v) is 6.98. The molecule has 4 N–H and O–H groups in total. The van der Waals surface area contributed by atoms with E-state index in [1.807, 2.05) is 6.07 Å². The van der Waals surface area contributed by atoms with Gasteiger partial charge in [-0.25, -0.2) is 0 Å². The molecule has 0 aliphatic carbocycles. The molecule has 1 heterocycles. The molecule has 7 heteroatoms. The number of aliphatic hydroxyl groups excluding tert-OH is 4. The summed E-state index contributed by atoms with van der Waals surface area (Å²) in [6.45, 7) is 6.18. The molecule has 0 unspecified atom stereocenters. The van der Waals surface area contributed by atoms with Crippen LogP contribution < -0.4 is 4.74 Å². The molecule has 1 aliphatic rings. The fourth-order valence-electron chi connectivity index (χ4n) is 3.43. The summed E-state index contributed by atoms with van der Waals surface area (Å²) in [6.07, 6.45) is -3.32. The molecule has 5 nitrogen and oxygen atoms in total. The SMILES string of the molecule is CC(C)(C)c1ccc(Cc2cc(Cl)ccc2O[C@@H]2S[C@H](CO)[C@@H](O)[C@H](O)[C@H]2O)cc1. The Morgan fingerprint density at radius 3 is 2.23 bits per heavy atom. The molecule has 5 atom stereocenters. The van der Waals surface area contributed by atoms with E-state index in [1.165, 1.54) is 5.56 Å². The number of hydrogen-bond acceptors (Lipinski definition) is 6. The Morgan fingerprint density at radius 1 is 0.967 bits per heavy atom. The van der Waals surface area contributed by atoms with E-state index in [2.05, 4.69) is 45.0 Å². The van der Waals surface area contributed by atoms with E-state index in [4.69, 9.17) is 16.3 Å². The molecule has 1 fully saturated rings. The van der Waals surface area contributed by atoms with Crippen LogP contribution >= 0.6 is 23.4 Å². The molecule has 0 amide bonds. The molecule has 0 saturated carbocycles. The maximum Gasteiger partial charge on any atom is 0.173 e. The van der Waals surface area contributed by atoms with Crippen LogP contribution in [0.3, 0.4) is 0 Å². The summed E-state index contributed by atoms with van der Waals surface area (Å²) >= 11 is 7.32. The number of halogens is 1. The van der Waals surface area contributed by atoms with Crippen LogP contribution in [-0.2, 0) is 11.8 Å². The highest BCUT2D eigenvalue weighted by Crippen LogP contribution is 2.36. The fraction of sp³-hybridized carbons (Fsp3) is 0.478. The molecule has 0 aromatic heterocycles. The summed E-state index contributed by atoms with van der Waals surface area (Å²) in [5, 5.41) is 39.9. The Balaban J connectivity index is 1.82. The van der Waals surface area contributed by atoms with Crippen molar-refractivity contribution in [3.8, 4) is 5.75 Å². The number of ether oxygens (including phenoxy) is 1. The maximum absolute atomic E-state index is 10.4. The van der Waals surface area contributed by atoms with Gasteiger partial charge in [0.05, 0.1) is 18.0 Å². The Morgan fingerprint density at radius 2 is 1.63 bits per heavy atom. The van der Waals surface area contributed by atoms with Crippen LogP contribution in [0.4, 0.5) is 0 Å². The summed E-state index contributed by atoms with van der Waals surface area (Å²) in [5.41, 5.74) is 2.43. The smallest absolute Gasteiger partial charge is 0.173 e. The Hall–Kier alpha value is -1.28. The van der Waals surface area contributed by atoms with E-state index in [1.54, 1.807) is 12.1 Å². The van der Waals surface area contributed by atoms with E-state index in [9.17, 15) is 20.4 Å². The second kappa shape index (κ2) is 9.47. The number of benzene rings is 2. The summed E-state index contributed by atoms with van der Waals surface area (Å²) in [6, 6.07) is 13.7. The van der Waals surface area contributed by atoms with Gasteiger partial charge in [-0.3, -0.25) is 0 Å². The summed E-state index contributed by atoms with van der Waals surface area (Å²) in [5.74, 6) is 0.538. The predicted octanol–water partition coefficient (Wildman–Crippen LogP) is 3.12. The molecule has 1 saturated heterocycles. The molecule has 0 bridgehead atoms. The molecule has 2 aromatic rings. The Bertz CT molecular complexity index is 850. The molecule has 1 aliphatic heterocycles. The standard InChI is InChI=1S/C23H29ClO5S/c1-23(2,3)15-6-4-13(5-7-15)10-14-11-16(24)8-9-17(14)29-22-21(28)20(27)19(26)18(12-25)30-22/h4-9,11,18-22,25-28H,10,12H2,1-3H3/t18-,19-,20+,21-,22-/m1/s1. The first-order valence-electron chi connectivity index (χ1n) is 9.95. The molecule has 30 heavy (non-hydrogen) atoms. The largest absolute Gasteiger partial charge is 0.477 e. The first-order valence-corrected chi connectivity index (χ1v) is 11.3.